The first kappa shape index (κ1) is 11.5. The molecule has 84 valence electrons. The van der Waals surface area contributed by atoms with Crippen LogP contribution in [0.2, 0.25) is 5.15 Å². The number of nitrogens with zero attached hydrogens (tertiary/aromatic N) is 2. The Labute approximate surface area is 104 Å². The van der Waals surface area contributed by atoms with Crippen LogP contribution in [0.1, 0.15) is 13.3 Å². The van der Waals surface area contributed by atoms with Crippen LogP contribution in [0.3, 0.4) is 0 Å². The van der Waals surface area contributed by atoms with Gasteiger partial charge >= 0.3 is 0 Å². The zero-order valence-electron chi connectivity index (χ0n) is 8.90. The average molecular weight is 254 g/mol. The lowest BCUT2D eigenvalue weighted by atomic mass is 10.3. The van der Waals surface area contributed by atoms with Gasteiger partial charge in [-0.2, -0.15) is 0 Å². The summed E-state index contributed by atoms with van der Waals surface area (Å²) in [6.07, 6.45) is 1.11. The van der Waals surface area contributed by atoms with Crippen molar-refractivity contribution in [2.75, 3.05) is 10.5 Å². The Kier molecular flexibility index (Phi) is 3.85. The zero-order valence-corrected chi connectivity index (χ0v) is 10.5. The van der Waals surface area contributed by atoms with E-state index in [1.165, 1.54) is 0 Å². The van der Waals surface area contributed by atoms with Gasteiger partial charge in [0.25, 0.3) is 0 Å². The van der Waals surface area contributed by atoms with Crippen LogP contribution in [0, 0.1) is 0 Å². The highest BCUT2D eigenvalue weighted by atomic mass is 35.5. The lowest BCUT2D eigenvalue weighted by Crippen LogP contribution is -1.96. The second-order valence-electron chi connectivity index (χ2n) is 3.30. The van der Waals surface area contributed by atoms with E-state index >= 15 is 0 Å². The van der Waals surface area contributed by atoms with Crippen molar-refractivity contribution in [1.29, 1.82) is 0 Å². The van der Waals surface area contributed by atoms with E-state index < -0.39 is 0 Å². The number of rotatable bonds is 4. The van der Waals surface area contributed by atoms with E-state index in [2.05, 4.69) is 21.6 Å². The summed E-state index contributed by atoms with van der Waals surface area (Å²) < 4.78 is 3.12. The first-order chi connectivity index (χ1) is 7.81. The zero-order chi connectivity index (χ0) is 11.4. The van der Waals surface area contributed by atoms with Gasteiger partial charge in [0.1, 0.15) is 0 Å². The Balaban J connectivity index is 2.27. The van der Waals surface area contributed by atoms with Gasteiger partial charge in [-0.1, -0.05) is 42.6 Å². The summed E-state index contributed by atoms with van der Waals surface area (Å²) in [5.41, 5.74) is 1.67. The molecule has 0 fully saturated rings. The molecule has 0 saturated heterocycles. The van der Waals surface area contributed by atoms with Crippen molar-refractivity contribution < 1.29 is 0 Å². The number of fused-ring (bicyclic) bond motifs is 1. The Morgan fingerprint density at radius 2 is 1.94 bits per heavy atom. The Morgan fingerprint density at radius 3 is 2.62 bits per heavy atom. The van der Waals surface area contributed by atoms with Crippen LogP contribution in [0.25, 0.3) is 11.0 Å². The maximum atomic E-state index is 6.03. The van der Waals surface area contributed by atoms with Crippen molar-refractivity contribution in [2.45, 2.75) is 13.3 Å². The Bertz CT molecular complexity index is 490. The molecule has 0 amide bonds. The lowest BCUT2D eigenvalue weighted by molar-refractivity contribution is 1.11. The fourth-order valence-electron chi connectivity index (χ4n) is 1.26. The van der Waals surface area contributed by atoms with Crippen molar-refractivity contribution in [3.63, 3.8) is 0 Å². The molecule has 0 atom stereocenters. The molecule has 2 aromatic rings. The first-order valence-corrected chi connectivity index (χ1v) is 6.47. The molecule has 3 nitrogen and oxygen atoms in total. The highest BCUT2D eigenvalue weighted by molar-refractivity contribution is 8.00. The molecular formula is C11H12ClN3S. The van der Waals surface area contributed by atoms with Gasteiger partial charge in [-0.05, 0) is 18.6 Å². The molecule has 0 aliphatic heterocycles. The molecule has 2 rings (SSSR count). The maximum Gasteiger partial charge on any atom is 0.174 e. The molecule has 0 spiro atoms. The van der Waals surface area contributed by atoms with E-state index in [0.717, 1.165) is 23.2 Å². The molecule has 16 heavy (non-hydrogen) atoms. The van der Waals surface area contributed by atoms with Crippen LogP contribution >= 0.6 is 23.5 Å². The fraction of sp³-hybridized carbons (Fsp3) is 0.273. The summed E-state index contributed by atoms with van der Waals surface area (Å²) in [6, 6.07) is 7.69. The van der Waals surface area contributed by atoms with Crippen molar-refractivity contribution in [3.8, 4) is 0 Å². The van der Waals surface area contributed by atoms with Gasteiger partial charge in [-0.25, -0.2) is 9.97 Å². The Hall–Kier alpha value is -1.00. The van der Waals surface area contributed by atoms with Gasteiger partial charge in [0.2, 0.25) is 0 Å². The molecule has 5 heteroatoms. The summed E-state index contributed by atoms with van der Waals surface area (Å²) >= 11 is 7.62. The van der Waals surface area contributed by atoms with Crippen LogP contribution in [-0.2, 0) is 0 Å². The van der Waals surface area contributed by atoms with E-state index in [9.17, 15) is 0 Å². The van der Waals surface area contributed by atoms with Crippen molar-refractivity contribution in [1.82, 2.24) is 9.97 Å². The Morgan fingerprint density at radius 1 is 1.25 bits per heavy atom. The molecule has 0 bridgehead atoms. The van der Waals surface area contributed by atoms with Gasteiger partial charge in [0, 0.05) is 5.75 Å². The number of nitrogens with one attached hydrogen (secondary N) is 1. The van der Waals surface area contributed by atoms with Crippen molar-refractivity contribution in [3.05, 3.63) is 29.4 Å². The standard InChI is InChI=1S/C11H12ClN3S/c1-2-7-16-15-11-10(12)13-8-5-3-4-6-9(8)14-11/h3-6H,2,7H2,1H3,(H,14,15). The summed E-state index contributed by atoms with van der Waals surface area (Å²) in [6.45, 7) is 2.13. The molecule has 0 aliphatic rings. The number of anilines is 1. The summed E-state index contributed by atoms with van der Waals surface area (Å²) in [5, 5.41) is 0.419. The number of aromatic nitrogens is 2. The summed E-state index contributed by atoms with van der Waals surface area (Å²) in [5.74, 6) is 1.66. The quantitative estimate of drug-likeness (QED) is 0.665. The molecule has 0 unspecified atom stereocenters. The molecule has 0 aliphatic carbocycles. The highest BCUT2D eigenvalue weighted by Crippen LogP contribution is 2.23. The van der Waals surface area contributed by atoms with E-state index in [1.807, 2.05) is 24.3 Å². The van der Waals surface area contributed by atoms with Crippen LogP contribution in [0.4, 0.5) is 5.82 Å². The topological polar surface area (TPSA) is 37.8 Å². The first-order valence-electron chi connectivity index (χ1n) is 5.11. The number of halogens is 1. The van der Waals surface area contributed by atoms with Crippen LogP contribution in [0.5, 0.6) is 0 Å². The molecular weight excluding hydrogens is 242 g/mol. The lowest BCUT2D eigenvalue weighted by Gasteiger charge is -2.06. The smallest absolute Gasteiger partial charge is 0.174 e. The second-order valence-corrected chi connectivity index (χ2v) is 4.56. The predicted octanol–water partition coefficient (Wildman–Crippen LogP) is 3.75. The van der Waals surface area contributed by atoms with Crippen molar-refractivity contribution in [2.24, 2.45) is 0 Å². The van der Waals surface area contributed by atoms with Crippen LogP contribution in [0.15, 0.2) is 24.3 Å². The van der Waals surface area contributed by atoms with Crippen molar-refractivity contribution >= 4 is 40.4 Å². The minimum absolute atomic E-state index is 0.419. The largest absolute Gasteiger partial charge is 0.312 e. The summed E-state index contributed by atoms with van der Waals surface area (Å²) in [4.78, 5) is 8.70. The normalized spacial score (nSPS) is 10.6. The second kappa shape index (κ2) is 5.37. The molecule has 1 aromatic heterocycles. The number of hydrogen-bond donors (Lipinski definition) is 1. The van der Waals surface area contributed by atoms with Gasteiger partial charge in [-0.3, -0.25) is 0 Å². The van der Waals surface area contributed by atoms with Gasteiger partial charge in [-0.15, -0.1) is 0 Å². The predicted molar refractivity (Wildman–Crippen MR) is 70.9 cm³/mol. The molecule has 1 heterocycles. The third-order valence-corrected chi connectivity index (χ3v) is 3.22. The SMILES string of the molecule is CCCSNc1nc2ccccc2nc1Cl. The minimum atomic E-state index is 0.419. The third kappa shape index (κ3) is 2.57. The van der Waals surface area contributed by atoms with Crippen LogP contribution < -0.4 is 4.72 Å². The number of para-hydroxylation sites is 2. The maximum absolute atomic E-state index is 6.03. The monoisotopic (exact) mass is 253 g/mol. The third-order valence-electron chi connectivity index (χ3n) is 2.00. The average Bonchev–Trinajstić information content (AvgIpc) is 2.30. The van der Waals surface area contributed by atoms with Crippen LogP contribution in [-0.4, -0.2) is 15.7 Å². The van der Waals surface area contributed by atoms with E-state index in [1.54, 1.807) is 11.9 Å². The van der Waals surface area contributed by atoms with E-state index in [-0.39, 0.29) is 0 Å². The molecule has 1 N–H and O–H groups in total. The number of hydrogen-bond acceptors (Lipinski definition) is 4. The van der Waals surface area contributed by atoms with Gasteiger partial charge < -0.3 is 4.72 Å². The van der Waals surface area contributed by atoms with E-state index in [0.29, 0.717) is 11.0 Å². The van der Waals surface area contributed by atoms with Gasteiger partial charge in [0.05, 0.1) is 11.0 Å². The molecule has 0 saturated carbocycles. The fourth-order valence-corrected chi connectivity index (χ4v) is 2.09. The molecule has 1 aromatic carbocycles. The van der Waals surface area contributed by atoms with E-state index in [4.69, 9.17) is 11.6 Å². The minimum Gasteiger partial charge on any atom is -0.312 e. The highest BCUT2D eigenvalue weighted by Gasteiger charge is 2.05. The van der Waals surface area contributed by atoms with Gasteiger partial charge in [0.15, 0.2) is 11.0 Å². The molecule has 0 radical (unpaired) electrons. The number of benzene rings is 1. The summed E-state index contributed by atoms with van der Waals surface area (Å²) in [7, 11) is 0.